The van der Waals surface area contributed by atoms with Crippen LogP contribution in [-0.4, -0.2) is 28.3 Å². The van der Waals surface area contributed by atoms with Crippen LogP contribution in [-0.2, 0) is 17.6 Å². The summed E-state index contributed by atoms with van der Waals surface area (Å²) in [6, 6.07) is 8.53. The maximum Gasteiger partial charge on any atom is 0.157 e. The van der Waals surface area contributed by atoms with E-state index in [0.717, 1.165) is 57.9 Å². The number of aromatic nitrogens is 3. The van der Waals surface area contributed by atoms with E-state index in [-0.39, 0.29) is 0 Å². The zero-order valence-electron chi connectivity index (χ0n) is 18.7. The minimum atomic E-state index is 0.671. The lowest BCUT2D eigenvalue weighted by Gasteiger charge is -2.07. The first-order valence-corrected chi connectivity index (χ1v) is 10.9. The lowest BCUT2D eigenvalue weighted by atomic mass is 10.0. The van der Waals surface area contributed by atoms with Crippen LogP contribution in [0.25, 0.3) is 27.9 Å². The van der Waals surface area contributed by atoms with E-state index in [1.54, 1.807) is 7.11 Å². The summed E-state index contributed by atoms with van der Waals surface area (Å²) in [6.07, 6.45) is 5.47. The van der Waals surface area contributed by atoms with Gasteiger partial charge in [0.1, 0.15) is 11.3 Å². The average Bonchev–Trinajstić information content (AvgIpc) is 3.22. The van der Waals surface area contributed by atoms with Gasteiger partial charge in [-0.15, -0.1) is 0 Å². The molecular formula is C25H31N3O2. The number of ether oxygens (including phenoxy) is 1. The second-order valence-electron chi connectivity index (χ2n) is 8.12. The molecule has 30 heavy (non-hydrogen) atoms. The SMILES string of the molecule is CCCCCc1cc(C)nn2c(-c3c(C)oc4c(CCOC)cccc34)c(C)nc12. The molecule has 158 valence electrons. The summed E-state index contributed by atoms with van der Waals surface area (Å²) >= 11 is 0. The molecule has 0 N–H and O–H groups in total. The molecule has 5 heteroatoms. The lowest BCUT2D eigenvalue weighted by molar-refractivity contribution is 0.202. The summed E-state index contributed by atoms with van der Waals surface area (Å²) in [5.41, 5.74) is 8.46. The number of fused-ring (bicyclic) bond motifs is 2. The van der Waals surface area contributed by atoms with Crippen LogP contribution in [0.1, 0.15) is 54.5 Å². The maximum atomic E-state index is 6.27. The number of nitrogens with zero attached hydrogens (tertiary/aromatic N) is 3. The third kappa shape index (κ3) is 3.63. The van der Waals surface area contributed by atoms with Crippen molar-refractivity contribution in [3.05, 3.63) is 52.5 Å². The minimum Gasteiger partial charge on any atom is -0.460 e. The monoisotopic (exact) mass is 405 g/mol. The Kier molecular flexibility index (Phi) is 5.91. The molecule has 4 aromatic rings. The fraction of sp³-hybridized carbons (Fsp3) is 0.440. The number of hydrogen-bond donors (Lipinski definition) is 0. The molecule has 3 heterocycles. The highest BCUT2D eigenvalue weighted by molar-refractivity contribution is 5.97. The van der Waals surface area contributed by atoms with Gasteiger partial charge < -0.3 is 9.15 Å². The summed E-state index contributed by atoms with van der Waals surface area (Å²) in [4.78, 5) is 4.95. The number of para-hydroxylation sites is 1. The summed E-state index contributed by atoms with van der Waals surface area (Å²) in [5.74, 6) is 0.899. The Morgan fingerprint density at radius 3 is 2.67 bits per heavy atom. The largest absolute Gasteiger partial charge is 0.460 e. The minimum absolute atomic E-state index is 0.671. The van der Waals surface area contributed by atoms with Crippen LogP contribution in [0.4, 0.5) is 0 Å². The second kappa shape index (κ2) is 8.60. The van der Waals surface area contributed by atoms with E-state index in [9.17, 15) is 0 Å². The zero-order chi connectivity index (χ0) is 21.3. The van der Waals surface area contributed by atoms with Crippen molar-refractivity contribution in [1.82, 2.24) is 14.6 Å². The van der Waals surface area contributed by atoms with E-state index in [0.29, 0.717) is 6.61 Å². The molecule has 0 amide bonds. The molecular weight excluding hydrogens is 374 g/mol. The Morgan fingerprint density at radius 2 is 1.90 bits per heavy atom. The molecule has 0 saturated carbocycles. The molecule has 0 spiro atoms. The number of furan rings is 1. The van der Waals surface area contributed by atoms with Gasteiger partial charge in [0.05, 0.1) is 29.3 Å². The molecule has 0 unspecified atom stereocenters. The van der Waals surface area contributed by atoms with Crippen molar-refractivity contribution in [2.45, 2.75) is 59.8 Å². The lowest BCUT2D eigenvalue weighted by Crippen LogP contribution is -2.02. The van der Waals surface area contributed by atoms with E-state index in [1.165, 1.54) is 30.4 Å². The average molecular weight is 406 g/mol. The summed E-state index contributed by atoms with van der Waals surface area (Å²) in [6.45, 7) is 9.07. The van der Waals surface area contributed by atoms with Gasteiger partial charge in [-0.25, -0.2) is 9.50 Å². The number of methoxy groups -OCH3 is 1. The van der Waals surface area contributed by atoms with E-state index >= 15 is 0 Å². The highest BCUT2D eigenvalue weighted by Gasteiger charge is 2.23. The fourth-order valence-electron chi connectivity index (χ4n) is 4.36. The first-order chi connectivity index (χ1) is 14.5. The van der Waals surface area contributed by atoms with Crippen LogP contribution in [0, 0.1) is 20.8 Å². The van der Waals surface area contributed by atoms with Crippen LogP contribution in [0.5, 0.6) is 0 Å². The van der Waals surface area contributed by atoms with Crippen LogP contribution in [0.3, 0.4) is 0 Å². The van der Waals surface area contributed by atoms with Gasteiger partial charge in [0.15, 0.2) is 5.65 Å². The number of hydrogen-bond acceptors (Lipinski definition) is 4. The molecule has 1 aromatic carbocycles. The predicted molar refractivity (Wildman–Crippen MR) is 121 cm³/mol. The Labute approximate surface area is 178 Å². The molecule has 0 saturated heterocycles. The van der Waals surface area contributed by atoms with Crippen LogP contribution >= 0.6 is 0 Å². The topological polar surface area (TPSA) is 52.6 Å². The maximum absolute atomic E-state index is 6.27. The molecule has 0 bridgehead atoms. The molecule has 0 aliphatic heterocycles. The Morgan fingerprint density at radius 1 is 1.07 bits per heavy atom. The molecule has 0 atom stereocenters. The molecule has 0 aliphatic carbocycles. The smallest absolute Gasteiger partial charge is 0.157 e. The van der Waals surface area contributed by atoms with Gasteiger partial charge in [0.2, 0.25) is 0 Å². The molecule has 0 fully saturated rings. The standard InChI is InChI=1S/C25H31N3O2/c1-6-7-8-10-20-15-16(2)27-28-23(17(3)26-25(20)28)22-18(4)30-24-19(13-14-29-5)11-9-12-21(22)24/h9,11-12,15H,6-8,10,13-14H2,1-5H3. The van der Waals surface area contributed by atoms with Crippen molar-refractivity contribution in [3.8, 4) is 11.3 Å². The van der Waals surface area contributed by atoms with Gasteiger partial charge in [0, 0.05) is 12.5 Å². The van der Waals surface area contributed by atoms with Gasteiger partial charge in [-0.1, -0.05) is 38.0 Å². The van der Waals surface area contributed by atoms with Gasteiger partial charge in [-0.05, 0) is 57.2 Å². The first kappa shape index (κ1) is 20.6. The molecule has 3 aromatic heterocycles. The summed E-state index contributed by atoms with van der Waals surface area (Å²) < 4.78 is 13.6. The fourth-order valence-corrected chi connectivity index (χ4v) is 4.36. The van der Waals surface area contributed by atoms with Crippen molar-refractivity contribution >= 4 is 16.6 Å². The Balaban J connectivity index is 1.91. The summed E-state index contributed by atoms with van der Waals surface area (Å²) in [5, 5.41) is 5.97. The third-order valence-electron chi connectivity index (χ3n) is 5.79. The van der Waals surface area contributed by atoms with E-state index in [1.807, 2.05) is 11.4 Å². The highest BCUT2D eigenvalue weighted by atomic mass is 16.5. The number of aryl methyl sites for hydroxylation is 4. The Bertz CT molecular complexity index is 1190. The third-order valence-corrected chi connectivity index (χ3v) is 5.79. The number of rotatable bonds is 8. The normalized spacial score (nSPS) is 11.8. The van der Waals surface area contributed by atoms with Crippen LogP contribution in [0.15, 0.2) is 28.7 Å². The van der Waals surface area contributed by atoms with Crippen molar-refractivity contribution in [2.24, 2.45) is 0 Å². The van der Waals surface area contributed by atoms with E-state index in [4.69, 9.17) is 19.2 Å². The van der Waals surface area contributed by atoms with E-state index < -0.39 is 0 Å². The second-order valence-corrected chi connectivity index (χ2v) is 8.12. The van der Waals surface area contributed by atoms with Gasteiger partial charge in [-0.3, -0.25) is 0 Å². The van der Waals surface area contributed by atoms with Gasteiger partial charge >= 0.3 is 0 Å². The number of benzene rings is 1. The van der Waals surface area contributed by atoms with Crippen LogP contribution < -0.4 is 0 Å². The predicted octanol–water partition coefficient (Wildman–Crippen LogP) is 5.99. The number of imidazole rings is 1. The van der Waals surface area contributed by atoms with E-state index in [2.05, 4.69) is 45.0 Å². The van der Waals surface area contributed by atoms with Gasteiger partial charge in [-0.2, -0.15) is 5.10 Å². The van der Waals surface area contributed by atoms with Crippen molar-refractivity contribution < 1.29 is 9.15 Å². The molecule has 5 nitrogen and oxygen atoms in total. The number of unbranched alkanes of at least 4 members (excludes halogenated alkanes) is 2. The first-order valence-electron chi connectivity index (χ1n) is 10.9. The molecule has 0 radical (unpaired) electrons. The Hall–Kier alpha value is -2.66. The van der Waals surface area contributed by atoms with Crippen molar-refractivity contribution in [3.63, 3.8) is 0 Å². The van der Waals surface area contributed by atoms with Crippen molar-refractivity contribution in [2.75, 3.05) is 13.7 Å². The van der Waals surface area contributed by atoms with Crippen LogP contribution in [0.2, 0.25) is 0 Å². The highest BCUT2D eigenvalue weighted by Crippen LogP contribution is 2.38. The zero-order valence-corrected chi connectivity index (χ0v) is 18.7. The molecule has 0 aliphatic rings. The van der Waals surface area contributed by atoms with Crippen molar-refractivity contribution in [1.29, 1.82) is 0 Å². The summed E-state index contributed by atoms with van der Waals surface area (Å²) in [7, 11) is 1.73. The van der Waals surface area contributed by atoms with Gasteiger partial charge in [0.25, 0.3) is 0 Å². The quantitative estimate of drug-likeness (QED) is 0.338. The molecule has 4 rings (SSSR count).